The van der Waals surface area contributed by atoms with E-state index in [0.29, 0.717) is 12.0 Å². The molecule has 1 fully saturated rings. The second-order valence-corrected chi connectivity index (χ2v) is 4.69. The van der Waals surface area contributed by atoms with Crippen LogP contribution in [0, 0.1) is 0 Å². The second kappa shape index (κ2) is 4.09. The summed E-state index contributed by atoms with van der Waals surface area (Å²) < 4.78 is 1.75. The monoisotopic (exact) mass is 247 g/mol. The van der Waals surface area contributed by atoms with Gasteiger partial charge >= 0.3 is 0 Å². The van der Waals surface area contributed by atoms with Crippen molar-refractivity contribution in [3.63, 3.8) is 0 Å². The molecule has 0 spiro atoms. The van der Waals surface area contributed by atoms with Crippen molar-refractivity contribution in [2.45, 2.75) is 13.0 Å². The quantitative estimate of drug-likeness (QED) is 0.722. The number of nitrogen functional groups attached to an aromatic ring is 1. The SMILES string of the molecule is C[C@H]1CNCCN1c1nc(N)nc2cn(C)nc12. The number of fused-ring (bicyclic) bond motifs is 1. The first-order valence-electron chi connectivity index (χ1n) is 6.09. The van der Waals surface area contributed by atoms with Gasteiger partial charge in [-0.1, -0.05) is 0 Å². The van der Waals surface area contributed by atoms with Gasteiger partial charge in [0.15, 0.2) is 11.3 Å². The third-order valence-electron chi connectivity index (χ3n) is 3.25. The summed E-state index contributed by atoms with van der Waals surface area (Å²) in [7, 11) is 1.88. The van der Waals surface area contributed by atoms with Crippen LogP contribution >= 0.6 is 0 Å². The average molecular weight is 247 g/mol. The lowest BCUT2D eigenvalue weighted by Gasteiger charge is -2.34. The van der Waals surface area contributed by atoms with E-state index in [1.54, 1.807) is 4.68 Å². The van der Waals surface area contributed by atoms with Crippen molar-refractivity contribution in [2.24, 2.45) is 7.05 Å². The molecular weight excluding hydrogens is 230 g/mol. The number of nitrogens with zero attached hydrogens (tertiary/aromatic N) is 5. The van der Waals surface area contributed by atoms with Crippen LogP contribution < -0.4 is 16.0 Å². The molecule has 0 aliphatic carbocycles. The lowest BCUT2D eigenvalue weighted by Crippen LogP contribution is -2.50. The standard InChI is InChI=1S/C11H17N7/c1-7-5-13-3-4-18(7)10-9-8(6-17(2)16-9)14-11(12)15-10/h6-7,13H,3-5H2,1-2H3,(H2,12,14)/t7-/m0/s1. The second-order valence-electron chi connectivity index (χ2n) is 4.69. The Morgan fingerprint density at radius 1 is 1.44 bits per heavy atom. The fourth-order valence-corrected chi connectivity index (χ4v) is 2.38. The van der Waals surface area contributed by atoms with Crippen molar-refractivity contribution < 1.29 is 0 Å². The van der Waals surface area contributed by atoms with Crippen LogP contribution in [0.3, 0.4) is 0 Å². The Kier molecular flexibility index (Phi) is 2.55. The average Bonchev–Trinajstić information content (AvgIpc) is 2.69. The predicted octanol–water partition coefficient (Wildman–Crippen LogP) is -0.256. The van der Waals surface area contributed by atoms with Gasteiger partial charge in [0.1, 0.15) is 5.52 Å². The summed E-state index contributed by atoms with van der Waals surface area (Å²) in [4.78, 5) is 10.8. The lowest BCUT2D eigenvalue weighted by molar-refractivity contribution is 0.498. The highest BCUT2D eigenvalue weighted by molar-refractivity contribution is 5.86. The number of rotatable bonds is 1. The minimum atomic E-state index is 0.302. The van der Waals surface area contributed by atoms with E-state index in [2.05, 4.69) is 32.2 Å². The maximum Gasteiger partial charge on any atom is 0.222 e. The summed E-state index contributed by atoms with van der Waals surface area (Å²) in [5.41, 5.74) is 7.40. The molecule has 0 unspecified atom stereocenters. The van der Waals surface area contributed by atoms with Crippen molar-refractivity contribution in [3.8, 4) is 0 Å². The minimum absolute atomic E-state index is 0.302. The van der Waals surface area contributed by atoms with Crippen LogP contribution in [0.2, 0.25) is 0 Å². The highest BCUT2D eigenvalue weighted by Gasteiger charge is 2.23. The van der Waals surface area contributed by atoms with Crippen LogP contribution in [0.15, 0.2) is 6.20 Å². The first-order valence-corrected chi connectivity index (χ1v) is 6.09. The number of anilines is 2. The summed E-state index contributed by atoms with van der Waals surface area (Å²) in [5.74, 6) is 1.14. The number of hydrogen-bond donors (Lipinski definition) is 2. The molecule has 3 N–H and O–H groups in total. The summed E-state index contributed by atoms with van der Waals surface area (Å²) in [6, 6.07) is 0.373. The number of nitrogens with two attached hydrogens (primary N) is 1. The molecule has 7 heteroatoms. The number of hydrogen-bond acceptors (Lipinski definition) is 6. The molecule has 0 bridgehead atoms. The van der Waals surface area contributed by atoms with Crippen LogP contribution in [0.25, 0.3) is 11.0 Å². The highest BCUT2D eigenvalue weighted by atomic mass is 15.3. The van der Waals surface area contributed by atoms with E-state index in [1.807, 2.05) is 13.2 Å². The first kappa shape index (κ1) is 11.2. The van der Waals surface area contributed by atoms with Gasteiger partial charge in [-0.25, -0.2) is 4.98 Å². The molecule has 18 heavy (non-hydrogen) atoms. The predicted molar refractivity (Wildman–Crippen MR) is 70.4 cm³/mol. The van der Waals surface area contributed by atoms with Gasteiger partial charge in [0.2, 0.25) is 5.95 Å². The molecular formula is C11H17N7. The zero-order valence-electron chi connectivity index (χ0n) is 10.6. The fourth-order valence-electron chi connectivity index (χ4n) is 2.38. The fraction of sp³-hybridized carbons (Fsp3) is 0.545. The van der Waals surface area contributed by atoms with Crippen LogP contribution in [0.1, 0.15) is 6.92 Å². The molecule has 2 aromatic heterocycles. The number of piperazine rings is 1. The topological polar surface area (TPSA) is 84.9 Å². The van der Waals surface area contributed by atoms with Gasteiger partial charge in [0.05, 0.1) is 6.20 Å². The van der Waals surface area contributed by atoms with Crippen molar-refractivity contribution in [1.82, 2.24) is 25.1 Å². The Morgan fingerprint density at radius 3 is 3.06 bits per heavy atom. The summed E-state index contributed by atoms with van der Waals surface area (Å²) in [5, 5.41) is 7.80. The van der Waals surface area contributed by atoms with E-state index in [4.69, 9.17) is 5.73 Å². The van der Waals surface area contributed by atoms with Crippen LogP contribution in [-0.4, -0.2) is 45.4 Å². The Morgan fingerprint density at radius 2 is 2.28 bits per heavy atom. The van der Waals surface area contributed by atoms with Gasteiger partial charge in [0.25, 0.3) is 0 Å². The van der Waals surface area contributed by atoms with E-state index in [0.717, 1.165) is 36.5 Å². The third kappa shape index (κ3) is 1.76. The Bertz CT molecular complexity index is 576. The molecule has 0 aromatic carbocycles. The molecule has 3 rings (SSSR count). The third-order valence-corrected chi connectivity index (χ3v) is 3.25. The van der Waals surface area contributed by atoms with Crippen molar-refractivity contribution in [1.29, 1.82) is 0 Å². The Hall–Kier alpha value is -1.89. The van der Waals surface area contributed by atoms with E-state index >= 15 is 0 Å². The van der Waals surface area contributed by atoms with Crippen molar-refractivity contribution in [3.05, 3.63) is 6.20 Å². The van der Waals surface area contributed by atoms with Crippen LogP contribution in [0.5, 0.6) is 0 Å². The molecule has 0 radical (unpaired) electrons. The number of aromatic nitrogens is 4. The normalized spacial score (nSPS) is 20.6. The van der Waals surface area contributed by atoms with E-state index < -0.39 is 0 Å². The molecule has 0 amide bonds. The van der Waals surface area contributed by atoms with Gasteiger partial charge in [-0.15, -0.1) is 0 Å². The van der Waals surface area contributed by atoms with Gasteiger partial charge in [0, 0.05) is 32.7 Å². The van der Waals surface area contributed by atoms with Gasteiger partial charge < -0.3 is 16.0 Å². The molecule has 1 aliphatic rings. The summed E-state index contributed by atoms with van der Waals surface area (Å²) in [6.45, 7) is 4.96. The van der Waals surface area contributed by atoms with Gasteiger partial charge in [-0.2, -0.15) is 10.1 Å². The zero-order valence-corrected chi connectivity index (χ0v) is 10.6. The summed E-state index contributed by atoms with van der Waals surface area (Å²) >= 11 is 0. The summed E-state index contributed by atoms with van der Waals surface area (Å²) in [6.07, 6.45) is 1.86. The molecule has 1 aliphatic heterocycles. The maximum absolute atomic E-state index is 5.78. The van der Waals surface area contributed by atoms with Crippen molar-refractivity contribution >= 4 is 22.8 Å². The lowest BCUT2D eigenvalue weighted by atomic mass is 10.2. The number of nitrogens with one attached hydrogen (secondary N) is 1. The minimum Gasteiger partial charge on any atom is -0.368 e. The Balaban J connectivity index is 2.14. The highest BCUT2D eigenvalue weighted by Crippen LogP contribution is 2.25. The van der Waals surface area contributed by atoms with Crippen LogP contribution in [0.4, 0.5) is 11.8 Å². The van der Waals surface area contributed by atoms with E-state index in [9.17, 15) is 0 Å². The maximum atomic E-state index is 5.78. The van der Waals surface area contributed by atoms with E-state index in [1.165, 1.54) is 0 Å². The van der Waals surface area contributed by atoms with Crippen LogP contribution in [-0.2, 0) is 7.05 Å². The first-order chi connectivity index (χ1) is 8.65. The smallest absolute Gasteiger partial charge is 0.222 e. The molecule has 7 nitrogen and oxygen atoms in total. The molecule has 96 valence electrons. The Labute approximate surface area is 105 Å². The van der Waals surface area contributed by atoms with Crippen molar-refractivity contribution in [2.75, 3.05) is 30.3 Å². The molecule has 0 saturated carbocycles. The molecule has 2 aromatic rings. The van der Waals surface area contributed by atoms with Gasteiger partial charge in [-0.05, 0) is 6.92 Å². The molecule has 1 atom stereocenters. The zero-order chi connectivity index (χ0) is 12.7. The number of aryl methyl sites for hydroxylation is 1. The van der Waals surface area contributed by atoms with Gasteiger partial charge in [-0.3, -0.25) is 4.68 Å². The largest absolute Gasteiger partial charge is 0.368 e. The van der Waals surface area contributed by atoms with E-state index in [-0.39, 0.29) is 0 Å². The molecule has 1 saturated heterocycles. The molecule has 3 heterocycles.